The highest BCUT2D eigenvalue weighted by molar-refractivity contribution is 5.73. The van der Waals surface area contributed by atoms with E-state index in [1.165, 1.54) is 12.1 Å². The van der Waals surface area contributed by atoms with Crippen LogP contribution >= 0.6 is 0 Å². The summed E-state index contributed by atoms with van der Waals surface area (Å²) in [6.07, 6.45) is 8.34. The number of rotatable bonds is 36. The first kappa shape index (κ1) is 65.0. The zero-order valence-corrected chi connectivity index (χ0v) is 48.8. The molecule has 6 aromatic carbocycles. The monoisotopic (exact) mass is 1180 g/mol. The molecule has 0 spiro atoms. The Kier molecular flexibility index (Phi) is 26.6. The summed E-state index contributed by atoms with van der Waals surface area (Å²) in [5, 5.41) is 36.1. The van der Waals surface area contributed by atoms with Crippen molar-refractivity contribution in [3.63, 3.8) is 0 Å². The molecular weight excluding hydrogens is 1110 g/mol. The van der Waals surface area contributed by atoms with Gasteiger partial charge < -0.3 is 44.1 Å². The Hall–Kier alpha value is -9.57. The minimum Gasteiger partial charge on any atom is -0.493 e. The Bertz CT molecular complexity index is 3360. The fourth-order valence-electron chi connectivity index (χ4n) is 9.57. The first-order chi connectivity index (χ1) is 42.4. The van der Waals surface area contributed by atoms with Gasteiger partial charge in [-0.2, -0.15) is 0 Å². The first-order valence-corrected chi connectivity index (χ1v) is 29.6. The largest absolute Gasteiger partial charge is 0.493 e. The maximum Gasteiger partial charge on any atom is 0.303 e. The summed E-state index contributed by atoms with van der Waals surface area (Å²) in [6.45, 7) is 1.99. The van der Waals surface area contributed by atoms with Crippen molar-refractivity contribution in [2.24, 2.45) is 0 Å². The van der Waals surface area contributed by atoms with Crippen LogP contribution in [0.25, 0.3) is 44.8 Å². The number of unbranched alkanes of at least 4 members (excludes halogenated alkanes) is 5. The van der Waals surface area contributed by atoms with Gasteiger partial charge in [-0.25, -0.2) is 14.4 Å². The van der Waals surface area contributed by atoms with E-state index in [1.54, 1.807) is 30.3 Å². The normalized spacial score (nSPS) is 10.8. The van der Waals surface area contributed by atoms with Crippen molar-refractivity contribution in [2.45, 2.75) is 103 Å². The molecule has 15 nitrogen and oxygen atoms in total. The molecule has 0 atom stereocenters. The van der Waals surface area contributed by atoms with Crippen LogP contribution in [-0.4, -0.2) is 87.3 Å². The topological polar surface area (TPSA) is 221 Å². The van der Waals surface area contributed by atoms with Gasteiger partial charge in [0, 0.05) is 54.5 Å². The van der Waals surface area contributed by atoms with Crippen molar-refractivity contribution in [3.8, 4) is 73.8 Å². The van der Waals surface area contributed by atoms with Crippen molar-refractivity contribution in [1.29, 1.82) is 0 Å². The predicted octanol–water partition coefficient (Wildman–Crippen LogP) is 15.3. The number of pyridine rings is 2. The van der Waals surface area contributed by atoms with E-state index in [2.05, 4.69) is 23.2 Å². The van der Waals surface area contributed by atoms with Crippen LogP contribution in [0.4, 0.5) is 4.39 Å². The number of aliphatic carboxylic acids is 4. The number of aryl methyl sites for hydroxylation is 1. The molecule has 0 aliphatic rings. The van der Waals surface area contributed by atoms with Gasteiger partial charge in [-0.05, 0) is 152 Å². The number of nitrogens with zero attached hydrogens (tertiary/aromatic N) is 2. The maximum absolute atomic E-state index is 13.5. The Morgan fingerprint density at radius 1 is 0.333 bits per heavy atom. The molecule has 454 valence electrons. The molecule has 0 unspecified atom stereocenters. The molecule has 16 heteroatoms. The van der Waals surface area contributed by atoms with E-state index in [1.807, 2.05) is 115 Å². The molecule has 0 saturated carbocycles. The van der Waals surface area contributed by atoms with Gasteiger partial charge in [-0.15, -0.1) is 0 Å². The van der Waals surface area contributed by atoms with E-state index in [-0.39, 0.29) is 51.1 Å². The Labute approximate surface area is 507 Å². The van der Waals surface area contributed by atoms with Crippen LogP contribution in [-0.2, 0) is 38.4 Å². The van der Waals surface area contributed by atoms with Crippen molar-refractivity contribution in [3.05, 3.63) is 198 Å². The highest BCUT2D eigenvalue weighted by atomic mass is 19.1. The summed E-state index contributed by atoms with van der Waals surface area (Å²) in [6, 6.07) is 55.5. The van der Waals surface area contributed by atoms with E-state index in [0.29, 0.717) is 79.3 Å². The first-order valence-electron chi connectivity index (χ1n) is 29.6. The number of benzene rings is 6. The minimum absolute atomic E-state index is 0.00220. The lowest BCUT2D eigenvalue weighted by molar-refractivity contribution is -0.138. The van der Waals surface area contributed by atoms with E-state index < -0.39 is 23.9 Å². The molecule has 0 aliphatic carbocycles. The number of halogens is 1. The quantitative estimate of drug-likeness (QED) is 0.0268. The second kappa shape index (κ2) is 35.7. The lowest BCUT2D eigenvalue weighted by Crippen LogP contribution is -2.08. The number of carboxylic acid groups (broad SMARTS) is 4. The molecule has 0 radical (unpaired) electrons. The molecule has 4 N–H and O–H groups in total. The molecule has 8 aromatic rings. The van der Waals surface area contributed by atoms with Gasteiger partial charge >= 0.3 is 23.9 Å². The molecule has 2 aromatic heterocycles. The number of aromatic nitrogens is 2. The fraction of sp³-hybridized carbons (Fsp3) is 0.296. The van der Waals surface area contributed by atoms with Crippen LogP contribution < -0.4 is 23.7 Å². The van der Waals surface area contributed by atoms with Gasteiger partial charge in [0.25, 0.3) is 0 Å². The number of carboxylic acids is 4. The van der Waals surface area contributed by atoms with Crippen LogP contribution in [0.2, 0.25) is 0 Å². The standard InChI is InChI=1S/C36H38FNO6.C35H37NO7/c37-30-18-16-28(17-19-30)32-24-29(26-10-5-3-6-11-26)25-34(38-32)44-22-7-2-1-4-12-27-13-8-14-33(31(27)20-21-36(41)42)43-23-9-15-35(39)40;37-34(38)18-11-23-42-32-17-10-16-31(29(32)19-20-35(39)40)41-21-8-3-9-22-43-33-25-28(26-12-4-1-5-13-26)24-30(36-33)27-14-6-2-7-15-27/h3,5-6,8,10-11,13-14,16-19,24-25H,1-2,4,7,9,12,15,20-23H2,(H,39,40)(H,41,42);1-2,4-7,10,12-17,24-25H,3,8-9,11,18-23H2,(H,37,38)(H,39,40). The number of carbonyl (C=O) groups is 4. The number of hydrogen-bond acceptors (Lipinski definition) is 11. The summed E-state index contributed by atoms with van der Waals surface area (Å²) >= 11 is 0. The zero-order chi connectivity index (χ0) is 61.4. The smallest absolute Gasteiger partial charge is 0.303 e. The number of hydrogen-bond donors (Lipinski definition) is 4. The third-order valence-electron chi connectivity index (χ3n) is 14.0. The lowest BCUT2D eigenvalue weighted by Gasteiger charge is -2.16. The number of ether oxygens (including phenoxy) is 5. The second-order valence-electron chi connectivity index (χ2n) is 20.6. The van der Waals surface area contributed by atoms with Gasteiger partial charge in [0.15, 0.2) is 0 Å². The van der Waals surface area contributed by atoms with Crippen molar-refractivity contribution in [2.75, 3.05) is 33.0 Å². The molecule has 0 bridgehead atoms. The molecule has 0 fully saturated rings. The molecule has 87 heavy (non-hydrogen) atoms. The van der Waals surface area contributed by atoms with Gasteiger partial charge in [0.2, 0.25) is 11.8 Å². The van der Waals surface area contributed by atoms with Crippen molar-refractivity contribution < 1.29 is 67.7 Å². The van der Waals surface area contributed by atoms with E-state index >= 15 is 0 Å². The van der Waals surface area contributed by atoms with E-state index in [9.17, 15) is 33.8 Å². The Morgan fingerprint density at radius 2 is 0.713 bits per heavy atom. The predicted molar refractivity (Wildman–Crippen MR) is 332 cm³/mol. The Morgan fingerprint density at radius 3 is 1.18 bits per heavy atom. The summed E-state index contributed by atoms with van der Waals surface area (Å²) < 4.78 is 43.3. The van der Waals surface area contributed by atoms with Crippen LogP contribution in [0.15, 0.2) is 176 Å². The van der Waals surface area contributed by atoms with Crippen LogP contribution in [0, 0.1) is 5.82 Å². The van der Waals surface area contributed by atoms with Gasteiger partial charge in [0.05, 0.1) is 44.4 Å². The fourth-order valence-corrected chi connectivity index (χ4v) is 9.57. The summed E-state index contributed by atoms with van der Waals surface area (Å²) in [4.78, 5) is 53.5. The lowest BCUT2D eigenvalue weighted by atomic mass is 9.97. The van der Waals surface area contributed by atoms with Gasteiger partial charge in [-0.1, -0.05) is 122 Å². The van der Waals surface area contributed by atoms with Crippen molar-refractivity contribution in [1.82, 2.24) is 9.97 Å². The highest BCUT2D eigenvalue weighted by Crippen LogP contribution is 2.33. The van der Waals surface area contributed by atoms with Crippen LogP contribution in [0.3, 0.4) is 0 Å². The highest BCUT2D eigenvalue weighted by Gasteiger charge is 2.16. The Balaban J connectivity index is 0.000000249. The summed E-state index contributed by atoms with van der Waals surface area (Å²) in [5.41, 5.74) is 10.2. The van der Waals surface area contributed by atoms with Gasteiger partial charge in [-0.3, -0.25) is 19.2 Å². The molecule has 8 rings (SSSR count). The molecule has 0 aliphatic heterocycles. The maximum atomic E-state index is 13.5. The minimum atomic E-state index is -0.911. The zero-order valence-electron chi connectivity index (χ0n) is 48.8. The van der Waals surface area contributed by atoms with E-state index in [0.717, 1.165) is 102 Å². The van der Waals surface area contributed by atoms with Gasteiger partial charge in [0.1, 0.15) is 23.1 Å². The second-order valence-corrected chi connectivity index (χ2v) is 20.6. The average molecular weight is 1180 g/mol. The molecule has 0 amide bonds. The van der Waals surface area contributed by atoms with Crippen molar-refractivity contribution >= 4 is 23.9 Å². The third kappa shape index (κ3) is 22.7. The molecule has 2 heterocycles. The average Bonchev–Trinajstić information content (AvgIpc) is 3.70. The SMILES string of the molecule is O=C(O)CCCOc1cccc(CCCCCCOc2cc(-c3ccccc3)cc(-c3ccc(F)cc3)n2)c1CCC(=O)O.O=C(O)CCCOc1cccc(OCCCCCOc2cc(-c3ccccc3)cc(-c3ccccc3)n2)c1CCC(=O)O. The summed E-state index contributed by atoms with van der Waals surface area (Å²) in [5.74, 6) is -0.981. The molecule has 0 saturated heterocycles. The molecular formula is C71H75FN2O13. The third-order valence-corrected chi connectivity index (χ3v) is 14.0. The van der Waals surface area contributed by atoms with Crippen LogP contribution in [0.1, 0.15) is 100 Å². The van der Waals surface area contributed by atoms with Crippen LogP contribution in [0.5, 0.6) is 29.0 Å². The van der Waals surface area contributed by atoms with E-state index in [4.69, 9.17) is 38.9 Å². The summed E-state index contributed by atoms with van der Waals surface area (Å²) in [7, 11) is 0.